The minimum atomic E-state index is -3.60. The molecule has 0 fully saturated rings. The van der Waals surface area contributed by atoms with Gasteiger partial charge in [-0.3, -0.25) is 23.2 Å². The summed E-state index contributed by atoms with van der Waals surface area (Å²) in [5, 5.41) is 5.65. The molecule has 2 aliphatic heterocycles. The summed E-state index contributed by atoms with van der Waals surface area (Å²) in [6, 6.07) is 122. The van der Waals surface area contributed by atoms with Crippen molar-refractivity contribution in [3.63, 3.8) is 0 Å². The summed E-state index contributed by atoms with van der Waals surface area (Å²) in [6.45, 7) is 0.650. The lowest BCUT2D eigenvalue weighted by Gasteiger charge is -2.33. The Balaban J connectivity index is 0.826. The molecule has 0 bridgehead atoms. The Morgan fingerprint density at radius 2 is 0.716 bits per heavy atom. The number of hydrogen-bond donors (Lipinski definition) is 1. The lowest BCUT2D eigenvalue weighted by Crippen LogP contribution is -2.26. The Kier molecular flexibility index (Phi) is 14.5. The van der Waals surface area contributed by atoms with Gasteiger partial charge in [-0.1, -0.05) is 206 Å². The van der Waals surface area contributed by atoms with E-state index in [4.69, 9.17) is 0 Å². The Labute approximate surface area is 516 Å². The van der Waals surface area contributed by atoms with E-state index in [1.165, 1.54) is 22.2 Å². The van der Waals surface area contributed by atoms with E-state index in [0.717, 1.165) is 95.6 Å². The number of nitrogens with one attached hydrogen (secondary N) is 1. The van der Waals surface area contributed by atoms with Crippen molar-refractivity contribution in [2.45, 2.75) is 6.54 Å². The van der Waals surface area contributed by atoms with Gasteiger partial charge in [-0.2, -0.15) is 0 Å². The summed E-state index contributed by atoms with van der Waals surface area (Å²) < 4.78 is 25.8. The highest BCUT2D eigenvalue weighted by Gasteiger charge is 2.49. The van der Waals surface area contributed by atoms with Crippen LogP contribution in [-0.4, -0.2) is 0 Å². The summed E-state index contributed by atoms with van der Waals surface area (Å²) in [7, 11) is -4.69. The van der Waals surface area contributed by atoms with Crippen molar-refractivity contribution in [2.24, 2.45) is 0 Å². The lowest BCUT2D eigenvalue weighted by molar-refractivity contribution is 0.582. The van der Waals surface area contributed by atoms with Crippen LogP contribution in [0.15, 0.2) is 346 Å². The molecule has 0 unspecified atom stereocenters. The van der Waals surface area contributed by atoms with E-state index >= 15 is 4.57 Å². The molecule has 0 amide bonds. The molecule has 422 valence electrons. The zero-order valence-electron chi connectivity index (χ0n) is 48.2. The van der Waals surface area contributed by atoms with Crippen molar-refractivity contribution in [2.75, 3.05) is 28.9 Å². The van der Waals surface area contributed by atoms with Crippen LogP contribution < -0.4 is 39.5 Å². The minimum Gasteiger partial charge on any atom is -0.354 e. The summed E-state index contributed by atoms with van der Waals surface area (Å²) in [4.78, 5) is 2.38. The maximum Gasteiger partial charge on any atom is 0.301 e. The van der Waals surface area contributed by atoms with Crippen LogP contribution in [0.4, 0.5) is 68.2 Å². The number of anilines is 12. The van der Waals surface area contributed by atoms with Crippen molar-refractivity contribution in [3.05, 3.63) is 351 Å². The lowest BCUT2D eigenvalue weighted by atomic mass is 9.93. The van der Waals surface area contributed by atoms with Crippen LogP contribution in [0.5, 0.6) is 0 Å². The average molecular weight is 1170 g/mol. The van der Waals surface area contributed by atoms with E-state index in [1.807, 2.05) is 78.9 Å². The van der Waals surface area contributed by atoms with Gasteiger partial charge in [0.2, 0.25) is 0 Å². The highest BCUT2D eigenvalue weighted by molar-refractivity contribution is 7.76. The second-order valence-corrected chi connectivity index (χ2v) is 26.2. The van der Waals surface area contributed by atoms with Gasteiger partial charge >= 0.3 is 7.44 Å². The Morgan fingerprint density at radius 3 is 1.19 bits per heavy atom. The summed E-state index contributed by atoms with van der Waals surface area (Å²) in [6.07, 6.45) is 0. The molecule has 0 aromatic heterocycles. The second-order valence-electron chi connectivity index (χ2n) is 21.9. The van der Waals surface area contributed by atoms with Crippen LogP contribution in [0.3, 0.4) is 0 Å². The normalized spacial score (nSPS) is 13.3. The monoisotopic (exact) mass is 1170 g/mol. The summed E-state index contributed by atoms with van der Waals surface area (Å²) >= 11 is 0. The quantitative estimate of drug-likeness (QED) is 0.103. The van der Waals surface area contributed by atoms with E-state index < -0.39 is 15.7 Å². The van der Waals surface area contributed by atoms with Gasteiger partial charge in [-0.25, -0.2) is 0 Å². The van der Waals surface area contributed by atoms with Crippen molar-refractivity contribution in [1.29, 1.82) is 0 Å². The maximum absolute atomic E-state index is 16.6. The van der Waals surface area contributed by atoms with Crippen LogP contribution in [0, 0.1) is 0 Å². The fraction of sp³-hybridized carbons (Fsp3) is 0.0127. The Hall–Kier alpha value is -10.7. The molecule has 0 aliphatic carbocycles. The molecule has 2 heterocycles. The van der Waals surface area contributed by atoms with Gasteiger partial charge in [0, 0.05) is 46.0 Å². The van der Waals surface area contributed by atoms with Gasteiger partial charge in [0.25, 0.3) is 0 Å². The molecule has 0 saturated carbocycles. The first-order valence-corrected chi connectivity index (χ1v) is 32.6. The Bertz CT molecular complexity index is 4470. The molecule has 0 atom stereocenters. The van der Waals surface area contributed by atoms with Gasteiger partial charge in [0.15, 0.2) is 0 Å². The van der Waals surface area contributed by atoms with Gasteiger partial charge in [0.1, 0.15) is 8.22 Å². The summed E-state index contributed by atoms with van der Waals surface area (Å²) in [5.41, 5.74) is 20.1. The first kappa shape index (κ1) is 54.0. The summed E-state index contributed by atoms with van der Waals surface area (Å²) in [5.74, 6) is 0. The van der Waals surface area contributed by atoms with Gasteiger partial charge in [0.05, 0.1) is 39.4 Å². The molecule has 88 heavy (non-hydrogen) atoms. The van der Waals surface area contributed by atoms with E-state index in [2.05, 4.69) is 296 Å². The Morgan fingerprint density at radius 1 is 0.341 bits per heavy atom. The standard InChI is InChI=1S/C79H60N6OP2/c86-88(84(70-33-15-5-16-34-70)78-41-23-24-42-79(78)85(88)71-35-17-6-18-36-71)73-53-49-62(50-54-73)65-56-63(60-45-43-59(44-46-60)58-81(67-27-9-2-10-28-67)75-38-20-19-37-74(75)80-66-25-7-1-8-26-66)55-64(57-65)61-47-51-72(52-48-61)87-82(68-29-11-3-12-30-68)76-39-21-22-40-77(76)83(87)69-31-13-4-14-32-69/h1-57,80H,58H2. The highest BCUT2D eigenvalue weighted by atomic mass is 31.2. The van der Waals surface area contributed by atoms with E-state index in [1.54, 1.807) is 0 Å². The molecule has 0 spiro atoms. The second kappa shape index (κ2) is 23.6. The molecule has 0 saturated heterocycles. The van der Waals surface area contributed by atoms with Crippen molar-refractivity contribution in [1.82, 2.24) is 0 Å². The fourth-order valence-corrected chi connectivity index (χ4v) is 17.8. The van der Waals surface area contributed by atoms with Crippen LogP contribution in [0.25, 0.3) is 33.4 Å². The average Bonchev–Trinajstić information content (AvgIpc) is 1.58. The molecular weight excluding hydrogens is 1110 g/mol. The van der Waals surface area contributed by atoms with Crippen LogP contribution in [0.2, 0.25) is 0 Å². The molecule has 2 aliphatic rings. The molecule has 13 aromatic carbocycles. The predicted octanol–water partition coefficient (Wildman–Crippen LogP) is 21.5. The molecule has 7 nitrogen and oxygen atoms in total. The molecule has 1 N–H and O–H groups in total. The van der Waals surface area contributed by atoms with Gasteiger partial charge in [-0.05, 0) is 178 Å². The van der Waals surface area contributed by atoms with Crippen LogP contribution >= 0.6 is 15.7 Å². The number of rotatable bonds is 15. The number of benzene rings is 13. The van der Waals surface area contributed by atoms with E-state index in [0.29, 0.717) is 6.54 Å². The molecule has 13 aromatic rings. The van der Waals surface area contributed by atoms with Crippen molar-refractivity contribution < 1.29 is 4.57 Å². The zero-order chi connectivity index (χ0) is 58.8. The predicted molar refractivity (Wildman–Crippen MR) is 372 cm³/mol. The van der Waals surface area contributed by atoms with E-state index in [-0.39, 0.29) is 0 Å². The van der Waals surface area contributed by atoms with Crippen LogP contribution in [0.1, 0.15) is 5.56 Å². The smallest absolute Gasteiger partial charge is 0.301 e. The van der Waals surface area contributed by atoms with E-state index in [9.17, 15) is 0 Å². The largest absolute Gasteiger partial charge is 0.354 e. The van der Waals surface area contributed by atoms with Gasteiger partial charge in [-0.15, -0.1) is 0 Å². The van der Waals surface area contributed by atoms with Crippen molar-refractivity contribution in [3.8, 4) is 33.4 Å². The maximum atomic E-state index is 16.6. The first-order valence-electron chi connectivity index (χ1n) is 29.7. The molecular formula is C79H60N6OP2. The molecule has 9 heteroatoms. The topological polar surface area (TPSA) is 45.3 Å². The number of hydrogen-bond acceptors (Lipinski definition) is 5. The number of nitrogens with zero attached hydrogens (tertiary/aromatic N) is 5. The SMILES string of the molecule is O=P1(c2ccc(-c3cc(-c4ccc(CN(c5ccccc5)c5ccccc5Nc5ccccc5)cc4)cc(-c4ccc(P5N(c6ccccc6)c6ccccc6N5c5ccccc5)cc4)c3)cc2)N(c2ccccc2)c2ccccc2N1c1ccccc1. The van der Waals surface area contributed by atoms with Gasteiger partial charge < -0.3 is 10.2 Å². The number of para-hydroxylation sites is 12. The number of fused-ring (bicyclic) bond motifs is 2. The third-order valence-corrected chi connectivity index (χ3v) is 21.8. The highest BCUT2D eigenvalue weighted by Crippen LogP contribution is 2.70. The molecule has 0 radical (unpaired) electrons. The van der Waals surface area contributed by atoms with Crippen LogP contribution in [-0.2, 0) is 11.1 Å². The molecule has 15 rings (SSSR count). The minimum absolute atomic E-state index is 0.650. The fourth-order valence-electron chi connectivity index (χ4n) is 12.3. The zero-order valence-corrected chi connectivity index (χ0v) is 49.9. The third kappa shape index (κ3) is 10.2. The third-order valence-electron chi connectivity index (χ3n) is 16.4. The first-order chi connectivity index (χ1) is 43.5. The van der Waals surface area contributed by atoms with Crippen molar-refractivity contribution >= 4 is 94.5 Å².